The molecule has 0 radical (unpaired) electrons. The van der Waals surface area contributed by atoms with E-state index in [0.717, 1.165) is 5.56 Å². The van der Waals surface area contributed by atoms with Crippen molar-refractivity contribution in [1.29, 1.82) is 5.26 Å². The van der Waals surface area contributed by atoms with E-state index in [1.54, 1.807) is 13.0 Å². The van der Waals surface area contributed by atoms with Crippen LogP contribution < -0.4 is 0 Å². The molecule has 0 saturated heterocycles. The molecule has 0 amide bonds. The van der Waals surface area contributed by atoms with E-state index in [4.69, 9.17) is 14.9 Å². The predicted molar refractivity (Wildman–Crippen MR) is 49.5 cm³/mol. The number of halogens is 1. The molecule has 0 spiro atoms. The Morgan fingerprint density at radius 3 is 3.00 bits per heavy atom. The summed E-state index contributed by atoms with van der Waals surface area (Å²) in [5.74, 6) is 1.15. The molecule has 72 valence electrons. The van der Waals surface area contributed by atoms with Gasteiger partial charge in [-0.1, -0.05) is 6.07 Å². The molecule has 5 heteroatoms. The fourth-order valence-electron chi connectivity index (χ4n) is 1.00. The van der Waals surface area contributed by atoms with Gasteiger partial charge < -0.3 is 9.68 Å². The van der Waals surface area contributed by atoms with Gasteiger partial charge in [0.15, 0.2) is 0 Å². The summed E-state index contributed by atoms with van der Waals surface area (Å²) in [6.45, 7) is 1.83. The fraction of sp³-hybridized carbons (Fsp3) is 0.222. The van der Waals surface area contributed by atoms with Crippen LogP contribution in [-0.4, -0.2) is 12.1 Å². The van der Waals surface area contributed by atoms with Crippen LogP contribution in [0.3, 0.4) is 0 Å². The van der Waals surface area contributed by atoms with Crippen LogP contribution in [0.25, 0.3) is 0 Å². The zero-order valence-corrected chi connectivity index (χ0v) is 7.70. The van der Waals surface area contributed by atoms with Gasteiger partial charge in [-0.25, -0.2) is 9.65 Å². The smallest absolute Gasteiger partial charge is 0.415 e. The molecule has 0 unspecified atom stereocenters. The van der Waals surface area contributed by atoms with E-state index in [1.165, 1.54) is 18.1 Å². The lowest BCUT2D eigenvalue weighted by molar-refractivity contribution is 0.258. The Kier molecular flexibility index (Phi) is 3.63. The first-order valence-electron chi connectivity index (χ1n) is 4.08. The number of hydrogen-bond donors (Lipinski definition) is 1. The van der Waals surface area contributed by atoms with Crippen LogP contribution in [-0.2, 0) is 11.3 Å². The molecule has 3 nitrogen and oxygen atoms in total. The summed E-state index contributed by atoms with van der Waals surface area (Å²) in [4.78, 5) is 0. The van der Waals surface area contributed by atoms with Gasteiger partial charge in [-0.3, -0.25) is 0 Å². The number of aryl methyl sites for hydroxylation is 1. The highest BCUT2D eigenvalue weighted by atomic mass is 19.1. The molecule has 0 aromatic heterocycles. The van der Waals surface area contributed by atoms with E-state index >= 15 is 0 Å². The summed E-state index contributed by atoms with van der Waals surface area (Å²) in [7, 11) is -1.46. The highest BCUT2D eigenvalue weighted by molar-refractivity contribution is 6.52. The van der Waals surface area contributed by atoms with Crippen molar-refractivity contribution < 1.29 is 14.1 Å². The van der Waals surface area contributed by atoms with Crippen LogP contribution in [0.1, 0.15) is 11.1 Å². The average Bonchev–Trinajstić information content (AvgIpc) is 2.19. The monoisotopic (exact) mass is 193 g/mol. The van der Waals surface area contributed by atoms with Crippen LogP contribution in [0.2, 0.25) is 0 Å². The molecule has 1 N–H and O–H groups in total. The molecule has 0 fully saturated rings. The maximum atomic E-state index is 12.8. The van der Waals surface area contributed by atoms with Crippen molar-refractivity contribution in [3.8, 4) is 5.97 Å². The third kappa shape index (κ3) is 2.84. The van der Waals surface area contributed by atoms with Crippen molar-refractivity contribution in [2.24, 2.45) is 0 Å². The minimum absolute atomic E-state index is 0.0261. The van der Waals surface area contributed by atoms with Crippen LogP contribution in [0.5, 0.6) is 0 Å². The van der Waals surface area contributed by atoms with Crippen molar-refractivity contribution in [3.63, 3.8) is 0 Å². The van der Waals surface area contributed by atoms with Gasteiger partial charge in [0.25, 0.3) is 0 Å². The second-order valence-electron chi connectivity index (χ2n) is 2.86. The van der Waals surface area contributed by atoms with E-state index in [0.29, 0.717) is 5.56 Å². The number of benzene rings is 1. The van der Waals surface area contributed by atoms with Crippen molar-refractivity contribution >= 4 is 7.12 Å². The molecule has 0 aliphatic rings. The lowest BCUT2D eigenvalue weighted by atomic mass is 9.95. The van der Waals surface area contributed by atoms with Crippen LogP contribution >= 0.6 is 0 Å². The van der Waals surface area contributed by atoms with Crippen molar-refractivity contribution in [1.82, 2.24) is 0 Å². The maximum Gasteiger partial charge on any atom is 0.576 e. The minimum atomic E-state index is -1.46. The number of nitrogens with zero attached hydrogens (tertiary/aromatic N) is 1. The highest BCUT2D eigenvalue weighted by Crippen LogP contribution is 2.11. The standard InChI is InChI=1S/C9H9BFNO2/c1-7-2-3-9(11)4-8(7)5-14-10(13)6-12/h2-4,13H,5H2,1H3. The van der Waals surface area contributed by atoms with Crippen molar-refractivity contribution in [2.45, 2.75) is 13.5 Å². The lowest BCUT2D eigenvalue weighted by Crippen LogP contribution is -2.15. The molecule has 14 heavy (non-hydrogen) atoms. The van der Waals surface area contributed by atoms with Gasteiger partial charge in [-0.05, 0) is 30.2 Å². The summed E-state index contributed by atoms with van der Waals surface area (Å²) in [6, 6.07) is 4.28. The Hall–Kier alpha value is -1.38. The van der Waals surface area contributed by atoms with Gasteiger partial charge in [-0.2, -0.15) is 0 Å². The molecule has 1 aromatic carbocycles. The molecule has 1 aromatic rings. The summed E-state index contributed by atoms with van der Waals surface area (Å²) in [6.07, 6.45) is 0. The van der Waals surface area contributed by atoms with E-state index < -0.39 is 7.12 Å². The van der Waals surface area contributed by atoms with Crippen LogP contribution in [0, 0.1) is 24.0 Å². The largest absolute Gasteiger partial charge is 0.576 e. The predicted octanol–water partition coefficient (Wildman–Crippen LogP) is 1.19. The topological polar surface area (TPSA) is 53.2 Å². The number of nitriles is 1. The molecule has 0 bridgehead atoms. The zero-order valence-electron chi connectivity index (χ0n) is 7.70. The normalized spacial score (nSPS) is 9.57. The average molecular weight is 193 g/mol. The van der Waals surface area contributed by atoms with Crippen LogP contribution in [0.15, 0.2) is 18.2 Å². The number of rotatable bonds is 3. The summed E-state index contributed by atoms with van der Waals surface area (Å²) in [5, 5.41) is 17.0. The third-order valence-electron chi connectivity index (χ3n) is 1.82. The van der Waals surface area contributed by atoms with E-state index in [2.05, 4.69) is 0 Å². The van der Waals surface area contributed by atoms with Gasteiger partial charge in [0.1, 0.15) is 5.82 Å². The molecule has 0 aliphatic carbocycles. The van der Waals surface area contributed by atoms with Gasteiger partial charge in [0.05, 0.1) is 12.6 Å². The molecule has 0 heterocycles. The Morgan fingerprint density at radius 2 is 2.36 bits per heavy atom. The summed E-state index contributed by atoms with van der Waals surface area (Å²) < 4.78 is 17.5. The molecular weight excluding hydrogens is 184 g/mol. The maximum absolute atomic E-state index is 12.8. The Balaban J connectivity index is 2.67. The Morgan fingerprint density at radius 1 is 1.64 bits per heavy atom. The van der Waals surface area contributed by atoms with E-state index in [-0.39, 0.29) is 12.4 Å². The van der Waals surface area contributed by atoms with Gasteiger partial charge >= 0.3 is 7.12 Å². The first-order valence-corrected chi connectivity index (χ1v) is 4.08. The second-order valence-corrected chi connectivity index (χ2v) is 2.86. The quantitative estimate of drug-likeness (QED) is 0.733. The number of hydrogen-bond acceptors (Lipinski definition) is 3. The van der Waals surface area contributed by atoms with E-state index in [1.807, 2.05) is 0 Å². The SMILES string of the molecule is Cc1ccc(F)cc1COB(O)C#N. The fourth-order valence-corrected chi connectivity index (χ4v) is 1.00. The Labute approximate surface area is 81.9 Å². The molecular formula is C9H9BFNO2. The van der Waals surface area contributed by atoms with Crippen LogP contribution in [0.4, 0.5) is 4.39 Å². The van der Waals surface area contributed by atoms with Crippen molar-refractivity contribution in [2.75, 3.05) is 0 Å². The van der Waals surface area contributed by atoms with Gasteiger partial charge in [0, 0.05) is 0 Å². The van der Waals surface area contributed by atoms with Gasteiger partial charge in [0.2, 0.25) is 0 Å². The molecule has 0 aliphatic heterocycles. The Bertz CT molecular complexity index is 364. The minimum Gasteiger partial charge on any atom is -0.415 e. The molecule has 0 saturated carbocycles. The highest BCUT2D eigenvalue weighted by Gasteiger charge is 2.12. The van der Waals surface area contributed by atoms with E-state index in [9.17, 15) is 4.39 Å². The lowest BCUT2D eigenvalue weighted by Gasteiger charge is -2.06. The third-order valence-corrected chi connectivity index (χ3v) is 1.82. The van der Waals surface area contributed by atoms with Gasteiger partial charge in [-0.15, -0.1) is 0 Å². The molecule has 1 rings (SSSR count). The van der Waals surface area contributed by atoms with Crippen molar-refractivity contribution in [3.05, 3.63) is 35.1 Å². The second kappa shape index (κ2) is 4.75. The first-order chi connectivity index (χ1) is 6.63. The first kappa shape index (κ1) is 10.7. The zero-order chi connectivity index (χ0) is 10.6. The molecule has 0 atom stereocenters. The summed E-state index contributed by atoms with van der Waals surface area (Å²) in [5.41, 5.74) is 1.48. The summed E-state index contributed by atoms with van der Waals surface area (Å²) >= 11 is 0.